The van der Waals surface area contributed by atoms with Crippen LogP contribution in [0.4, 0.5) is 0 Å². The zero-order chi connectivity index (χ0) is 7.68. The van der Waals surface area contributed by atoms with Gasteiger partial charge < -0.3 is 0 Å². The highest BCUT2D eigenvalue weighted by Crippen LogP contribution is 2.36. The van der Waals surface area contributed by atoms with Crippen molar-refractivity contribution in [3.05, 3.63) is 21.9 Å². The van der Waals surface area contributed by atoms with Gasteiger partial charge in [0.1, 0.15) is 0 Å². The second-order valence-corrected chi connectivity index (χ2v) is 4.45. The molecule has 0 atom stereocenters. The summed E-state index contributed by atoms with van der Waals surface area (Å²) in [6.45, 7) is 2.19. The lowest BCUT2D eigenvalue weighted by Gasteiger charge is -2.03. The molecule has 0 aromatic carbocycles. The molecule has 1 saturated carbocycles. The van der Waals surface area contributed by atoms with Crippen LogP contribution in [0.15, 0.2) is 11.4 Å². The zero-order valence-electron chi connectivity index (χ0n) is 6.97. The minimum absolute atomic E-state index is 0.911. The van der Waals surface area contributed by atoms with Crippen LogP contribution in [0.1, 0.15) is 42.0 Å². The Morgan fingerprint density at radius 3 is 2.64 bits per heavy atom. The molecular formula is C10H14S. The lowest BCUT2D eigenvalue weighted by Crippen LogP contribution is -1.85. The molecule has 0 spiro atoms. The van der Waals surface area contributed by atoms with Gasteiger partial charge in [-0.3, -0.25) is 0 Å². The van der Waals surface area contributed by atoms with Crippen molar-refractivity contribution in [1.29, 1.82) is 0 Å². The molecule has 0 saturated heterocycles. The Morgan fingerprint density at radius 1 is 1.36 bits per heavy atom. The quantitative estimate of drug-likeness (QED) is 0.596. The van der Waals surface area contributed by atoms with Crippen molar-refractivity contribution in [2.45, 2.75) is 38.5 Å². The van der Waals surface area contributed by atoms with E-state index in [1.54, 1.807) is 4.88 Å². The van der Waals surface area contributed by atoms with Crippen LogP contribution in [0.2, 0.25) is 0 Å². The highest BCUT2D eigenvalue weighted by molar-refractivity contribution is 7.10. The van der Waals surface area contributed by atoms with Crippen LogP contribution < -0.4 is 0 Å². The highest BCUT2D eigenvalue weighted by Gasteiger charge is 2.17. The van der Waals surface area contributed by atoms with E-state index in [1.807, 2.05) is 11.3 Å². The van der Waals surface area contributed by atoms with E-state index in [0.717, 1.165) is 5.92 Å². The second-order valence-electron chi connectivity index (χ2n) is 3.51. The third-order valence-electron chi connectivity index (χ3n) is 2.51. The average molecular weight is 166 g/mol. The van der Waals surface area contributed by atoms with Crippen molar-refractivity contribution in [1.82, 2.24) is 0 Å². The van der Waals surface area contributed by atoms with Gasteiger partial charge in [0.2, 0.25) is 0 Å². The average Bonchev–Trinajstić information content (AvgIpc) is 2.55. The van der Waals surface area contributed by atoms with Crippen LogP contribution in [-0.2, 0) is 0 Å². The van der Waals surface area contributed by atoms with Crippen molar-refractivity contribution >= 4 is 11.3 Å². The first-order valence-corrected chi connectivity index (χ1v) is 5.29. The molecule has 0 nitrogen and oxygen atoms in total. The molecular weight excluding hydrogens is 152 g/mol. The molecule has 1 fully saturated rings. The molecule has 11 heavy (non-hydrogen) atoms. The molecule has 1 aliphatic carbocycles. The molecule has 1 aliphatic rings. The van der Waals surface area contributed by atoms with E-state index < -0.39 is 0 Å². The number of hydrogen-bond donors (Lipinski definition) is 0. The van der Waals surface area contributed by atoms with E-state index in [1.165, 1.54) is 31.2 Å². The molecule has 0 amide bonds. The van der Waals surface area contributed by atoms with Gasteiger partial charge in [0.05, 0.1) is 0 Å². The van der Waals surface area contributed by atoms with Crippen LogP contribution in [0, 0.1) is 6.92 Å². The SMILES string of the molecule is Cc1csc(C2CCCC2)c1. The van der Waals surface area contributed by atoms with Crippen molar-refractivity contribution in [3.8, 4) is 0 Å². The van der Waals surface area contributed by atoms with Crippen molar-refractivity contribution < 1.29 is 0 Å². The van der Waals surface area contributed by atoms with Gasteiger partial charge in [0, 0.05) is 4.88 Å². The summed E-state index contributed by atoms with van der Waals surface area (Å²) >= 11 is 1.95. The maximum atomic E-state index is 2.36. The second kappa shape index (κ2) is 2.98. The van der Waals surface area contributed by atoms with Gasteiger partial charge in [-0.05, 0) is 42.7 Å². The van der Waals surface area contributed by atoms with Crippen LogP contribution >= 0.6 is 11.3 Å². The van der Waals surface area contributed by atoms with Gasteiger partial charge in [-0.15, -0.1) is 11.3 Å². The lowest BCUT2D eigenvalue weighted by atomic mass is 10.1. The molecule has 1 aromatic rings. The summed E-state index contributed by atoms with van der Waals surface area (Å²) in [7, 11) is 0. The predicted molar refractivity (Wildman–Crippen MR) is 50.3 cm³/mol. The normalized spacial score (nSPS) is 19.4. The molecule has 60 valence electrons. The summed E-state index contributed by atoms with van der Waals surface area (Å²) in [6, 6.07) is 2.36. The predicted octanol–water partition coefficient (Wildman–Crippen LogP) is 3.71. The maximum Gasteiger partial charge on any atom is 0.00789 e. The standard InChI is InChI=1S/C10H14S/c1-8-6-10(11-7-8)9-4-2-3-5-9/h6-7,9H,2-5H2,1H3. The fourth-order valence-electron chi connectivity index (χ4n) is 1.88. The van der Waals surface area contributed by atoms with E-state index in [9.17, 15) is 0 Å². The third-order valence-corrected chi connectivity index (χ3v) is 3.72. The van der Waals surface area contributed by atoms with Crippen LogP contribution in [0.5, 0.6) is 0 Å². The molecule has 2 rings (SSSR count). The molecule has 0 unspecified atom stereocenters. The first kappa shape index (κ1) is 7.35. The molecule has 1 aromatic heterocycles. The monoisotopic (exact) mass is 166 g/mol. The van der Waals surface area contributed by atoms with Crippen LogP contribution in [-0.4, -0.2) is 0 Å². The summed E-state index contributed by atoms with van der Waals surface area (Å²) < 4.78 is 0. The Kier molecular flexibility index (Phi) is 1.99. The topological polar surface area (TPSA) is 0 Å². The maximum absolute atomic E-state index is 2.36. The number of rotatable bonds is 1. The fraction of sp³-hybridized carbons (Fsp3) is 0.600. The fourth-order valence-corrected chi connectivity index (χ4v) is 2.95. The first-order valence-electron chi connectivity index (χ1n) is 4.41. The summed E-state index contributed by atoms with van der Waals surface area (Å²) in [6.07, 6.45) is 5.75. The van der Waals surface area contributed by atoms with Crippen molar-refractivity contribution in [2.75, 3.05) is 0 Å². The zero-order valence-corrected chi connectivity index (χ0v) is 7.79. The largest absolute Gasteiger partial charge is 0.148 e. The molecule has 1 heterocycles. The van der Waals surface area contributed by atoms with Gasteiger partial charge in [-0.1, -0.05) is 12.8 Å². The Morgan fingerprint density at radius 2 is 2.09 bits per heavy atom. The number of thiophene rings is 1. The summed E-state index contributed by atoms with van der Waals surface area (Å²) in [5, 5.41) is 2.27. The van der Waals surface area contributed by atoms with Gasteiger partial charge in [0.25, 0.3) is 0 Å². The van der Waals surface area contributed by atoms with Crippen molar-refractivity contribution in [2.24, 2.45) is 0 Å². The van der Waals surface area contributed by atoms with Gasteiger partial charge >= 0.3 is 0 Å². The van der Waals surface area contributed by atoms with E-state index in [4.69, 9.17) is 0 Å². The number of hydrogen-bond acceptors (Lipinski definition) is 1. The summed E-state index contributed by atoms with van der Waals surface area (Å²) in [4.78, 5) is 1.63. The van der Waals surface area contributed by atoms with E-state index in [-0.39, 0.29) is 0 Å². The molecule has 0 aliphatic heterocycles. The van der Waals surface area contributed by atoms with Gasteiger partial charge in [0.15, 0.2) is 0 Å². The summed E-state index contributed by atoms with van der Waals surface area (Å²) in [5.74, 6) is 0.911. The first-order chi connectivity index (χ1) is 5.36. The Balaban J connectivity index is 2.15. The minimum Gasteiger partial charge on any atom is -0.148 e. The Bertz CT molecular complexity index is 231. The third kappa shape index (κ3) is 1.48. The van der Waals surface area contributed by atoms with Crippen molar-refractivity contribution in [3.63, 3.8) is 0 Å². The minimum atomic E-state index is 0.911. The van der Waals surface area contributed by atoms with Crippen LogP contribution in [0.3, 0.4) is 0 Å². The Labute approximate surface area is 72.3 Å². The van der Waals surface area contributed by atoms with Gasteiger partial charge in [-0.2, -0.15) is 0 Å². The lowest BCUT2D eigenvalue weighted by molar-refractivity contribution is 0.738. The van der Waals surface area contributed by atoms with Crippen LogP contribution in [0.25, 0.3) is 0 Å². The molecule has 0 radical (unpaired) electrons. The molecule has 0 bridgehead atoms. The molecule has 0 N–H and O–H groups in total. The summed E-state index contributed by atoms with van der Waals surface area (Å²) in [5.41, 5.74) is 1.44. The number of aryl methyl sites for hydroxylation is 1. The van der Waals surface area contributed by atoms with E-state index in [0.29, 0.717) is 0 Å². The van der Waals surface area contributed by atoms with E-state index in [2.05, 4.69) is 18.4 Å². The molecule has 1 heteroatoms. The van der Waals surface area contributed by atoms with Gasteiger partial charge in [-0.25, -0.2) is 0 Å². The van der Waals surface area contributed by atoms with E-state index >= 15 is 0 Å². The smallest absolute Gasteiger partial charge is 0.00789 e. The Hall–Kier alpha value is -0.300. The highest BCUT2D eigenvalue weighted by atomic mass is 32.1.